The molecule has 138 valence electrons. The molecule has 1 heterocycles. The maximum absolute atomic E-state index is 6.17. The molecule has 0 aliphatic carbocycles. The van der Waals surface area contributed by atoms with Crippen molar-refractivity contribution < 1.29 is 8.85 Å². The Morgan fingerprint density at radius 1 is 0.704 bits per heavy atom. The summed E-state index contributed by atoms with van der Waals surface area (Å²) in [5.74, 6) is 0. The van der Waals surface area contributed by atoms with Gasteiger partial charge in [0.1, 0.15) is 0 Å². The fourth-order valence-electron chi connectivity index (χ4n) is 4.12. The third-order valence-corrected chi connectivity index (χ3v) is 8.90. The second-order valence-electron chi connectivity index (χ2n) is 6.97. The molecule has 0 saturated heterocycles. The van der Waals surface area contributed by atoms with Crippen LogP contribution in [0.1, 0.15) is 16.7 Å². The summed E-state index contributed by atoms with van der Waals surface area (Å²) in [6, 6.07) is 27.8. The highest BCUT2D eigenvalue weighted by Gasteiger charge is 2.45. The summed E-state index contributed by atoms with van der Waals surface area (Å²) in [6.07, 6.45) is 0. The Balaban J connectivity index is 1.84. The standard InChI is InChI=1S/C23H25NO2Si/c1-25-27(26-2)22-14-8-6-12-20(22)17-24(16-19-10-4-3-5-11-19)18-21-13-7-9-15-23(21)27/h3-15H,16-18H2,1-2H3. The monoisotopic (exact) mass is 375 g/mol. The van der Waals surface area contributed by atoms with Gasteiger partial charge in [0.2, 0.25) is 0 Å². The Morgan fingerprint density at radius 2 is 1.19 bits per heavy atom. The van der Waals surface area contributed by atoms with Crippen LogP contribution in [-0.4, -0.2) is 27.7 Å². The fourth-order valence-corrected chi connectivity index (χ4v) is 7.26. The Kier molecular flexibility index (Phi) is 5.23. The first-order valence-corrected chi connectivity index (χ1v) is 11.1. The van der Waals surface area contributed by atoms with Gasteiger partial charge in [0.25, 0.3) is 0 Å². The summed E-state index contributed by atoms with van der Waals surface area (Å²) in [5.41, 5.74) is 3.91. The van der Waals surface area contributed by atoms with Gasteiger partial charge >= 0.3 is 8.56 Å². The first-order chi connectivity index (χ1) is 13.3. The van der Waals surface area contributed by atoms with Crippen LogP contribution in [0.2, 0.25) is 0 Å². The van der Waals surface area contributed by atoms with E-state index in [0.717, 1.165) is 19.6 Å². The normalized spacial score (nSPS) is 16.1. The summed E-state index contributed by atoms with van der Waals surface area (Å²) in [4.78, 5) is 2.50. The van der Waals surface area contributed by atoms with E-state index < -0.39 is 8.56 Å². The van der Waals surface area contributed by atoms with Gasteiger partial charge in [0.15, 0.2) is 0 Å². The minimum absolute atomic E-state index is 0.876. The minimum Gasteiger partial charge on any atom is -0.391 e. The number of hydrogen-bond donors (Lipinski definition) is 0. The van der Waals surface area contributed by atoms with Crippen molar-refractivity contribution in [3.8, 4) is 0 Å². The van der Waals surface area contributed by atoms with Gasteiger partial charge in [-0.2, -0.15) is 0 Å². The first kappa shape index (κ1) is 18.1. The van der Waals surface area contributed by atoms with Crippen LogP contribution in [0.3, 0.4) is 0 Å². The molecule has 4 heteroatoms. The van der Waals surface area contributed by atoms with Crippen LogP contribution in [0.4, 0.5) is 0 Å². The SMILES string of the molecule is CO[Si]1(OC)c2ccccc2CN(Cc2ccccc2)Cc2ccccc21. The zero-order valence-electron chi connectivity index (χ0n) is 15.9. The second kappa shape index (κ2) is 7.78. The molecule has 1 aliphatic heterocycles. The van der Waals surface area contributed by atoms with Crippen molar-refractivity contribution in [2.45, 2.75) is 19.6 Å². The van der Waals surface area contributed by atoms with Crippen molar-refractivity contribution in [3.05, 3.63) is 95.6 Å². The lowest BCUT2D eigenvalue weighted by Crippen LogP contribution is -2.65. The first-order valence-electron chi connectivity index (χ1n) is 9.30. The van der Waals surface area contributed by atoms with Crippen molar-refractivity contribution in [2.75, 3.05) is 14.2 Å². The van der Waals surface area contributed by atoms with E-state index in [0.29, 0.717) is 0 Å². The molecule has 4 rings (SSSR count). The predicted molar refractivity (Wildman–Crippen MR) is 111 cm³/mol. The van der Waals surface area contributed by atoms with E-state index in [9.17, 15) is 0 Å². The zero-order valence-corrected chi connectivity index (χ0v) is 16.9. The van der Waals surface area contributed by atoms with Gasteiger partial charge in [-0.3, -0.25) is 4.90 Å². The number of nitrogens with zero attached hydrogens (tertiary/aromatic N) is 1. The van der Waals surface area contributed by atoms with E-state index in [2.05, 4.69) is 83.8 Å². The van der Waals surface area contributed by atoms with E-state index in [1.807, 2.05) is 0 Å². The van der Waals surface area contributed by atoms with Crippen molar-refractivity contribution in [1.82, 2.24) is 4.90 Å². The van der Waals surface area contributed by atoms with Gasteiger partial charge in [-0.25, -0.2) is 0 Å². The van der Waals surface area contributed by atoms with Crippen LogP contribution in [-0.2, 0) is 28.5 Å². The van der Waals surface area contributed by atoms with E-state index in [1.165, 1.54) is 27.1 Å². The van der Waals surface area contributed by atoms with Gasteiger partial charge in [-0.05, 0) is 16.7 Å². The van der Waals surface area contributed by atoms with E-state index >= 15 is 0 Å². The molecule has 1 aliphatic rings. The number of hydrogen-bond acceptors (Lipinski definition) is 3. The molecule has 0 atom stereocenters. The summed E-state index contributed by atoms with van der Waals surface area (Å²) in [7, 11) is 0.866. The van der Waals surface area contributed by atoms with Crippen LogP contribution in [0.15, 0.2) is 78.9 Å². The Bertz CT molecular complexity index is 858. The highest BCUT2D eigenvalue weighted by Crippen LogP contribution is 2.21. The van der Waals surface area contributed by atoms with Gasteiger partial charge in [-0.1, -0.05) is 78.9 Å². The van der Waals surface area contributed by atoms with Gasteiger partial charge in [0, 0.05) is 44.2 Å². The second-order valence-corrected chi connectivity index (χ2v) is 10.1. The van der Waals surface area contributed by atoms with E-state index in [1.54, 1.807) is 14.2 Å². The lowest BCUT2D eigenvalue weighted by atomic mass is 10.1. The molecule has 3 aromatic rings. The van der Waals surface area contributed by atoms with Crippen molar-refractivity contribution in [2.24, 2.45) is 0 Å². The molecule has 0 bridgehead atoms. The molecule has 0 saturated carbocycles. The lowest BCUT2D eigenvalue weighted by Gasteiger charge is -2.36. The topological polar surface area (TPSA) is 21.7 Å². The highest BCUT2D eigenvalue weighted by molar-refractivity contribution is 6.93. The van der Waals surface area contributed by atoms with Gasteiger partial charge < -0.3 is 8.85 Å². The lowest BCUT2D eigenvalue weighted by molar-refractivity contribution is 0.241. The van der Waals surface area contributed by atoms with Crippen LogP contribution >= 0.6 is 0 Å². The molecule has 0 spiro atoms. The molecule has 0 fully saturated rings. The number of fused-ring (bicyclic) bond motifs is 2. The third-order valence-electron chi connectivity index (χ3n) is 5.36. The molecule has 3 aromatic carbocycles. The summed E-state index contributed by atoms with van der Waals surface area (Å²) >= 11 is 0. The average molecular weight is 376 g/mol. The van der Waals surface area contributed by atoms with Crippen LogP contribution < -0.4 is 10.4 Å². The summed E-state index contributed by atoms with van der Waals surface area (Å²) in [5, 5.41) is 2.42. The van der Waals surface area contributed by atoms with Crippen molar-refractivity contribution >= 4 is 18.9 Å². The van der Waals surface area contributed by atoms with Gasteiger partial charge in [-0.15, -0.1) is 0 Å². The van der Waals surface area contributed by atoms with Gasteiger partial charge in [0.05, 0.1) is 0 Å². The zero-order chi connectivity index (χ0) is 18.7. The Labute approximate surface area is 162 Å². The number of rotatable bonds is 4. The molecule has 3 nitrogen and oxygen atoms in total. The highest BCUT2D eigenvalue weighted by atomic mass is 28.4. The quantitative estimate of drug-likeness (QED) is 0.654. The molecule has 0 aromatic heterocycles. The molecule has 27 heavy (non-hydrogen) atoms. The van der Waals surface area contributed by atoms with Crippen LogP contribution in [0.5, 0.6) is 0 Å². The predicted octanol–water partition coefficient (Wildman–Crippen LogP) is 3.05. The average Bonchev–Trinajstić information content (AvgIpc) is 2.71. The van der Waals surface area contributed by atoms with Crippen LogP contribution in [0, 0.1) is 0 Å². The molecule has 0 N–H and O–H groups in total. The summed E-state index contributed by atoms with van der Waals surface area (Å²) < 4.78 is 12.3. The minimum atomic E-state index is -2.70. The molecule has 0 amide bonds. The van der Waals surface area contributed by atoms with Crippen molar-refractivity contribution in [3.63, 3.8) is 0 Å². The maximum Gasteiger partial charge on any atom is 0.407 e. The largest absolute Gasteiger partial charge is 0.407 e. The Hall–Kier alpha value is -2.24. The number of benzene rings is 3. The summed E-state index contributed by atoms with van der Waals surface area (Å²) in [6.45, 7) is 2.67. The molecule has 0 radical (unpaired) electrons. The van der Waals surface area contributed by atoms with Crippen molar-refractivity contribution in [1.29, 1.82) is 0 Å². The smallest absolute Gasteiger partial charge is 0.391 e. The fraction of sp³-hybridized carbons (Fsp3) is 0.217. The molecular weight excluding hydrogens is 350 g/mol. The molecule has 0 unspecified atom stereocenters. The third kappa shape index (κ3) is 3.37. The maximum atomic E-state index is 6.17. The van der Waals surface area contributed by atoms with E-state index in [-0.39, 0.29) is 0 Å². The van der Waals surface area contributed by atoms with Crippen LogP contribution in [0.25, 0.3) is 0 Å². The van der Waals surface area contributed by atoms with E-state index in [4.69, 9.17) is 8.85 Å². The molecular formula is C23H25NO2Si. The Morgan fingerprint density at radius 3 is 1.70 bits per heavy atom.